The monoisotopic (exact) mass is 240 g/mol. The van der Waals surface area contributed by atoms with Crippen LogP contribution in [0.4, 0.5) is 0 Å². The summed E-state index contributed by atoms with van der Waals surface area (Å²) in [6, 6.07) is 0. The Morgan fingerprint density at radius 2 is 2.12 bits per heavy atom. The molecule has 1 aliphatic heterocycles. The van der Waals surface area contributed by atoms with Gasteiger partial charge in [-0.1, -0.05) is 6.92 Å². The van der Waals surface area contributed by atoms with Gasteiger partial charge in [0.05, 0.1) is 12.7 Å². The molecule has 0 bridgehead atoms. The van der Waals surface area contributed by atoms with Gasteiger partial charge < -0.3 is 15.4 Å². The van der Waals surface area contributed by atoms with E-state index in [1.807, 2.05) is 0 Å². The van der Waals surface area contributed by atoms with E-state index in [1.54, 1.807) is 0 Å². The van der Waals surface area contributed by atoms with Crippen molar-refractivity contribution in [1.82, 2.24) is 10.6 Å². The van der Waals surface area contributed by atoms with Gasteiger partial charge in [0.15, 0.2) is 0 Å². The molecule has 1 aliphatic carbocycles. The van der Waals surface area contributed by atoms with E-state index in [0.29, 0.717) is 19.1 Å². The molecule has 2 atom stereocenters. The van der Waals surface area contributed by atoms with E-state index in [9.17, 15) is 4.79 Å². The van der Waals surface area contributed by atoms with Gasteiger partial charge in [0.1, 0.15) is 0 Å². The molecule has 0 radical (unpaired) electrons. The first-order chi connectivity index (χ1) is 8.25. The highest BCUT2D eigenvalue weighted by molar-refractivity contribution is 5.75. The van der Waals surface area contributed by atoms with Crippen LogP contribution in [0.2, 0.25) is 0 Å². The van der Waals surface area contributed by atoms with Gasteiger partial charge in [-0.05, 0) is 44.2 Å². The normalized spacial score (nSPS) is 29.0. The number of carbonyl (C=O) groups is 1. The lowest BCUT2D eigenvalue weighted by molar-refractivity contribution is -0.122. The second kappa shape index (κ2) is 6.36. The lowest BCUT2D eigenvalue weighted by Gasteiger charge is -2.22. The van der Waals surface area contributed by atoms with Crippen LogP contribution >= 0.6 is 0 Å². The van der Waals surface area contributed by atoms with Crippen molar-refractivity contribution >= 4 is 5.91 Å². The summed E-state index contributed by atoms with van der Waals surface area (Å²) in [4.78, 5) is 11.5. The Labute approximate surface area is 103 Å². The van der Waals surface area contributed by atoms with Crippen LogP contribution in [0.1, 0.15) is 32.6 Å². The maximum atomic E-state index is 11.5. The molecule has 1 heterocycles. The van der Waals surface area contributed by atoms with Crippen LogP contribution < -0.4 is 10.6 Å². The van der Waals surface area contributed by atoms with Crippen LogP contribution in [-0.4, -0.2) is 38.3 Å². The lowest BCUT2D eigenvalue weighted by atomic mass is 10.1. The van der Waals surface area contributed by atoms with E-state index >= 15 is 0 Å². The molecule has 1 saturated heterocycles. The third-order valence-electron chi connectivity index (χ3n) is 3.81. The Morgan fingerprint density at radius 3 is 2.76 bits per heavy atom. The summed E-state index contributed by atoms with van der Waals surface area (Å²) in [5.74, 6) is 1.67. The standard InChI is InChI=1S/C13H24N2O2/c1-10-8-11(10)9-15-13(16)4-7-17-12-2-5-14-6-3-12/h10-12,14H,2-9H2,1H3,(H,15,16). The summed E-state index contributed by atoms with van der Waals surface area (Å²) < 4.78 is 5.70. The summed E-state index contributed by atoms with van der Waals surface area (Å²) in [5, 5.41) is 6.28. The smallest absolute Gasteiger partial charge is 0.222 e. The predicted molar refractivity (Wildman–Crippen MR) is 66.7 cm³/mol. The minimum absolute atomic E-state index is 0.137. The average Bonchev–Trinajstić information content (AvgIpc) is 3.04. The molecule has 0 aromatic rings. The van der Waals surface area contributed by atoms with Crippen LogP contribution in [0, 0.1) is 11.8 Å². The van der Waals surface area contributed by atoms with E-state index in [2.05, 4.69) is 17.6 Å². The molecule has 98 valence electrons. The Morgan fingerprint density at radius 1 is 1.41 bits per heavy atom. The summed E-state index contributed by atoms with van der Waals surface area (Å²) in [6.45, 7) is 5.73. The molecule has 2 unspecified atom stereocenters. The summed E-state index contributed by atoms with van der Waals surface area (Å²) in [6.07, 6.45) is 4.27. The van der Waals surface area contributed by atoms with Crippen molar-refractivity contribution in [2.75, 3.05) is 26.2 Å². The molecule has 4 heteroatoms. The fourth-order valence-electron chi connectivity index (χ4n) is 2.30. The largest absolute Gasteiger partial charge is 0.378 e. The zero-order valence-electron chi connectivity index (χ0n) is 10.7. The van der Waals surface area contributed by atoms with Gasteiger partial charge in [0.25, 0.3) is 0 Å². The fourth-order valence-corrected chi connectivity index (χ4v) is 2.30. The van der Waals surface area contributed by atoms with Gasteiger partial charge in [-0.15, -0.1) is 0 Å². The van der Waals surface area contributed by atoms with Crippen LogP contribution in [0.3, 0.4) is 0 Å². The van der Waals surface area contributed by atoms with Gasteiger partial charge in [0.2, 0.25) is 5.91 Å². The molecule has 2 fully saturated rings. The van der Waals surface area contributed by atoms with Crippen molar-refractivity contribution in [3.63, 3.8) is 0 Å². The number of hydrogen-bond acceptors (Lipinski definition) is 3. The third-order valence-corrected chi connectivity index (χ3v) is 3.81. The van der Waals surface area contributed by atoms with Crippen molar-refractivity contribution in [3.05, 3.63) is 0 Å². The minimum atomic E-state index is 0.137. The zero-order chi connectivity index (χ0) is 12.1. The molecule has 0 aromatic carbocycles. The number of nitrogens with one attached hydrogen (secondary N) is 2. The van der Waals surface area contributed by atoms with Crippen LogP contribution in [-0.2, 0) is 9.53 Å². The van der Waals surface area contributed by atoms with Crippen molar-refractivity contribution < 1.29 is 9.53 Å². The number of hydrogen-bond donors (Lipinski definition) is 2. The molecule has 1 saturated carbocycles. The zero-order valence-corrected chi connectivity index (χ0v) is 10.7. The maximum Gasteiger partial charge on any atom is 0.222 e. The average molecular weight is 240 g/mol. The van der Waals surface area contributed by atoms with Crippen LogP contribution in [0.25, 0.3) is 0 Å². The number of amides is 1. The second-order valence-corrected chi connectivity index (χ2v) is 5.35. The first-order valence-electron chi connectivity index (χ1n) is 6.84. The molecular weight excluding hydrogens is 216 g/mol. The Hall–Kier alpha value is -0.610. The number of rotatable bonds is 6. The molecule has 1 amide bonds. The highest BCUT2D eigenvalue weighted by Gasteiger charge is 2.32. The summed E-state index contributed by atoms with van der Waals surface area (Å²) in [7, 11) is 0. The van der Waals surface area contributed by atoms with Crippen molar-refractivity contribution in [2.24, 2.45) is 11.8 Å². The Bertz CT molecular complexity index is 252. The number of ether oxygens (including phenoxy) is 1. The predicted octanol–water partition coefficient (Wildman–Crippen LogP) is 0.917. The Balaban J connectivity index is 1.47. The van der Waals surface area contributed by atoms with Crippen molar-refractivity contribution in [1.29, 1.82) is 0 Å². The molecule has 4 nitrogen and oxygen atoms in total. The van der Waals surface area contributed by atoms with Crippen LogP contribution in [0.15, 0.2) is 0 Å². The van der Waals surface area contributed by atoms with Gasteiger partial charge in [-0.25, -0.2) is 0 Å². The third kappa shape index (κ3) is 4.64. The molecule has 0 aromatic heterocycles. The van der Waals surface area contributed by atoms with E-state index in [-0.39, 0.29) is 5.91 Å². The lowest BCUT2D eigenvalue weighted by Crippen LogP contribution is -2.33. The van der Waals surface area contributed by atoms with Gasteiger partial charge in [0, 0.05) is 13.0 Å². The number of piperidine rings is 1. The summed E-state index contributed by atoms with van der Waals surface area (Å²) in [5.41, 5.74) is 0. The molecule has 17 heavy (non-hydrogen) atoms. The van der Waals surface area contributed by atoms with Gasteiger partial charge >= 0.3 is 0 Å². The summed E-state index contributed by atoms with van der Waals surface area (Å²) >= 11 is 0. The number of carbonyl (C=O) groups excluding carboxylic acids is 1. The highest BCUT2D eigenvalue weighted by Crippen LogP contribution is 2.36. The molecule has 0 spiro atoms. The SMILES string of the molecule is CC1CC1CNC(=O)CCOC1CCNCC1. The minimum Gasteiger partial charge on any atom is -0.378 e. The van der Waals surface area contributed by atoms with Gasteiger partial charge in [-0.3, -0.25) is 4.79 Å². The van der Waals surface area contributed by atoms with Crippen molar-refractivity contribution in [3.8, 4) is 0 Å². The quantitative estimate of drug-likeness (QED) is 0.726. The first-order valence-corrected chi connectivity index (χ1v) is 6.84. The first kappa shape index (κ1) is 12.8. The second-order valence-electron chi connectivity index (χ2n) is 5.35. The van der Waals surface area contributed by atoms with E-state index in [1.165, 1.54) is 6.42 Å². The van der Waals surface area contributed by atoms with Gasteiger partial charge in [-0.2, -0.15) is 0 Å². The van der Waals surface area contributed by atoms with E-state index in [4.69, 9.17) is 4.74 Å². The molecular formula is C13H24N2O2. The maximum absolute atomic E-state index is 11.5. The van der Waals surface area contributed by atoms with E-state index < -0.39 is 0 Å². The molecule has 2 N–H and O–H groups in total. The Kier molecular flexibility index (Phi) is 4.80. The highest BCUT2D eigenvalue weighted by atomic mass is 16.5. The molecule has 2 aliphatic rings. The van der Waals surface area contributed by atoms with Crippen molar-refractivity contribution in [2.45, 2.75) is 38.7 Å². The van der Waals surface area contributed by atoms with E-state index in [0.717, 1.165) is 44.3 Å². The fraction of sp³-hybridized carbons (Fsp3) is 0.923. The van der Waals surface area contributed by atoms with Crippen LogP contribution in [0.5, 0.6) is 0 Å². The topological polar surface area (TPSA) is 50.4 Å². The molecule has 2 rings (SSSR count).